The van der Waals surface area contributed by atoms with Gasteiger partial charge >= 0.3 is 12.1 Å². The number of β-amino-alcohol motifs (C(OH)–C–C–N with tert-alkyl or cyclic N) is 1. The van der Waals surface area contributed by atoms with Crippen LogP contribution in [0, 0.1) is 0 Å². The van der Waals surface area contributed by atoms with Crippen molar-refractivity contribution >= 4 is 29.7 Å². The molecule has 0 saturated carbocycles. The highest BCUT2D eigenvalue weighted by atomic mass is 16.6. The summed E-state index contributed by atoms with van der Waals surface area (Å²) >= 11 is 0. The normalized spacial score (nSPS) is 17.7. The van der Waals surface area contributed by atoms with Crippen LogP contribution in [0.5, 0.6) is 0 Å². The summed E-state index contributed by atoms with van der Waals surface area (Å²) in [5.41, 5.74) is 0.0649. The Labute approximate surface area is 257 Å². The third-order valence-corrected chi connectivity index (χ3v) is 7.24. The predicted molar refractivity (Wildman–Crippen MR) is 162 cm³/mol. The van der Waals surface area contributed by atoms with Gasteiger partial charge in [-0.15, -0.1) is 0 Å². The SMILES string of the molecule is CCOC(=O)N1CCN(C(=O)C(CCC(=O)OC(C)(C)C)NC(=O)c2cc(N3CCC(O)C3)nc(-c3ccccc3)n2)CC1. The van der Waals surface area contributed by atoms with E-state index in [-0.39, 0.29) is 57.2 Å². The number of benzene rings is 1. The molecule has 4 rings (SSSR count). The molecule has 2 aliphatic rings. The molecule has 0 aliphatic carbocycles. The van der Waals surface area contributed by atoms with Crippen molar-refractivity contribution in [3.63, 3.8) is 0 Å². The van der Waals surface area contributed by atoms with Gasteiger partial charge in [-0.05, 0) is 40.5 Å². The number of piperazine rings is 1. The highest BCUT2D eigenvalue weighted by molar-refractivity contribution is 5.97. The van der Waals surface area contributed by atoms with Crippen LogP contribution in [0.4, 0.5) is 10.6 Å². The van der Waals surface area contributed by atoms with Gasteiger partial charge in [-0.2, -0.15) is 0 Å². The average molecular weight is 611 g/mol. The number of carbonyl (C=O) groups excluding carboxylic acids is 4. The first kappa shape index (κ1) is 32.6. The number of nitrogens with one attached hydrogen (secondary N) is 1. The summed E-state index contributed by atoms with van der Waals surface area (Å²) in [5.74, 6) is -0.627. The topological polar surface area (TPSA) is 154 Å². The van der Waals surface area contributed by atoms with Crippen LogP contribution < -0.4 is 10.2 Å². The van der Waals surface area contributed by atoms with E-state index >= 15 is 0 Å². The molecule has 3 amide bonds. The number of ether oxygens (including phenoxy) is 2. The molecule has 0 bridgehead atoms. The summed E-state index contributed by atoms with van der Waals surface area (Å²) in [6, 6.07) is 9.73. The summed E-state index contributed by atoms with van der Waals surface area (Å²) in [6.45, 7) is 9.29. The lowest BCUT2D eigenvalue weighted by Crippen LogP contribution is -2.56. The van der Waals surface area contributed by atoms with Crippen molar-refractivity contribution in [2.24, 2.45) is 0 Å². The fourth-order valence-electron chi connectivity index (χ4n) is 5.07. The van der Waals surface area contributed by atoms with Crippen LogP contribution >= 0.6 is 0 Å². The Morgan fingerprint density at radius 3 is 2.32 bits per heavy atom. The Morgan fingerprint density at radius 2 is 1.70 bits per heavy atom. The maximum atomic E-state index is 13.7. The van der Waals surface area contributed by atoms with E-state index < -0.39 is 35.7 Å². The molecule has 2 atom stereocenters. The van der Waals surface area contributed by atoms with Gasteiger partial charge in [0.15, 0.2) is 5.82 Å². The first-order valence-corrected chi connectivity index (χ1v) is 15.0. The zero-order valence-corrected chi connectivity index (χ0v) is 25.8. The molecule has 0 radical (unpaired) electrons. The van der Waals surface area contributed by atoms with Crippen molar-refractivity contribution in [3.8, 4) is 11.4 Å². The lowest BCUT2D eigenvalue weighted by Gasteiger charge is -2.36. The molecule has 2 N–H and O–H groups in total. The van der Waals surface area contributed by atoms with Crippen LogP contribution in [0.3, 0.4) is 0 Å². The predicted octanol–water partition coefficient (Wildman–Crippen LogP) is 2.24. The van der Waals surface area contributed by atoms with Gasteiger partial charge in [0.1, 0.15) is 23.2 Å². The second-order valence-corrected chi connectivity index (χ2v) is 11.9. The third kappa shape index (κ3) is 8.88. The first-order chi connectivity index (χ1) is 20.9. The monoisotopic (exact) mass is 610 g/mol. The minimum Gasteiger partial charge on any atom is -0.460 e. The molecule has 13 heteroatoms. The van der Waals surface area contributed by atoms with E-state index in [1.165, 1.54) is 4.90 Å². The number of aliphatic hydroxyl groups is 1. The van der Waals surface area contributed by atoms with Crippen molar-refractivity contribution < 1.29 is 33.8 Å². The summed E-state index contributed by atoms with van der Waals surface area (Å²) in [5, 5.41) is 12.9. The summed E-state index contributed by atoms with van der Waals surface area (Å²) in [4.78, 5) is 66.3. The molecule has 3 heterocycles. The molecule has 238 valence electrons. The fraction of sp³-hybridized carbons (Fsp3) is 0.548. The number of nitrogens with zero attached hydrogens (tertiary/aromatic N) is 5. The lowest BCUT2D eigenvalue weighted by molar-refractivity contribution is -0.155. The Bertz CT molecular complexity index is 1320. The summed E-state index contributed by atoms with van der Waals surface area (Å²) in [6.07, 6.45) is -0.432. The molecular formula is C31H42N6O7. The van der Waals surface area contributed by atoms with Crippen LogP contribution in [-0.4, -0.2) is 112 Å². The third-order valence-electron chi connectivity index (χ3n) is 7.24. The lowest BCUT2D eigenvalue weighted by atomic mass is 10.1. The zero-order chi connectivity index (χ0) is 31.9. The van der Waals surface area contributed by atoms with Crippen molar-refractivity contribution in [1.82, 2.24) is 25.1 Å². The van der Waals surface area contributed by atoms with Gasteiger partial charge in [-0.25, -0.2) is 14.8 Å². The zero-order valence-electron chi connectivity index (χ0n) is 25.8. The Kier molecular flexibility index (Phi) is 10.7. The first-order valence-electron chi connectivity index (χ1n) is 15.0. The van der Waals surface area contributed by atoms with E-state index in [0.717, 1.165) is 0 Å². The minimum absolute atomic E-state index is 0.0133. The van der Waals surface area contributed by atoms with Gasteiger partial charge in [0.05, 0.1) is 12.7 Å². The minimum atomic E-state index is -1.05. The summed E-state index contributed by atoms with van der Waals surface area (Å²) < 4.78 is 10.5. The highest BCUT2D eigenvalue weighted by Gasteiger charge is 2.32. The van der Waals surface area contributed by atoms with Crippen LogP contribution in [0.1, 0.15) is 57.4 Å². The molecular weight excluding hydrogens is 568 g/mol. The van der Waals surface area contributed by atoms with Gasteiger partial charge in [-0.1, -0.05) is 30.3 Å². The fourth-order valence-corrected chi connectivity index (χ4v) is 5.07. The average Bonchev–Trinajstić information content (AvgIpc) is 3.44. The number of hydrogen-bond acceptors (Lipinski definition) is 10. The van der Waals surface area contributed by atoms with Crippen molar-refractivity contribution in [1.29, 1.82) is 0 Å². The van der Waals surface area contributed by atoms with Gasteiger partial charge in [0.2, 0.25) is 5.91 Å². The Balaban J connectivity index is 1.56. The van der Waals surface area contributed by atoms with Gasteiger partial charge in [-0.3, -0.25) is 14.4 Å². The van der Waals surface area contributed by atoms with Crippen LogP contribution in [-0.2, 0) is 19.1 Å². The molecule has 2 fully saturated rings. The van der Waals surface area contributed by atoms with Gasteiger partial charge < -0.3 is 34.6 Å². The molecule has 2 aromatic rings. The Morgan fingerprint density at radius 1 is 1.02 bits per heavy atom. The van der Waals surface area contributed by atoms with E-state index in [2.05, 4.69) is 15.3 Å². The van der Waals surface area contributed by atoms with E-state index in [0.29, 0.717) is 36.7 Å². The quantitative estimate of drug-likeness (QED) is 0.404. The number of amides is 3. The molecule has 44 heavy (non-hydrogen) atoms. The maximum absolute atomic E-state index is 13.7. The molecule has 0 spiro atoms. The number of aromatic nitrogens is 2. The standard InChI is InChI=1S/C31H42N6O7/c1-5-43-30(42)36-17-15-35(16-18-36)29(41)23(11-12-26(39)44-31(2,3)4)33-28(40)24-19-25(37-14-13-22(38)20-37)34-27(32-24)21-9-7-6-8-10-21/h6-10,19,22-23,38H,5,11-18,20H2,1-4H3,(H,33,40). The maximum Gasteiger partial charge on any atom is 0.409 e. The number of esters is 1. The molecule has 1 aromatic heterocycles. The molecule has 2 unspecified atom stereocenters. The number of anilines is 1. The van der Waals surface area contributed by atoms with Crippen LogP contribution in [0.2, 0.25) is 0 Å². The second kappa shape index (κ2) is 14.5. The molecule has 2 saturated heterocycles. The van der Waals surface area contributed by atoms with Crippen molar-refractivity contribution in [3.05, 3.63) is 42.1 Å². The van der Waals surface area contributed by atoms with Gasteiger partial charge in [0, 0.05) is 57.3 Å². The van der Waals surface area contributed by atoms with E-state index in [1.54, 1.807) is 38.7 Å². The number of hydrogen-bond donors (Lipinski definition) is 2. The van der Waals surface area contributed by atoms with Crippen LogP contribution in [0.25, 0.3) is 11.4 Å². The number of rotatable bonds is 9. The number of carbonyl (C=O) groups is 4. The number of aliphatic hydroxyl groups excluding tert-OH is 1. The highest BCUT2D eigenvalue weighted by Crippen LogP contribution is 2.24. The van der Waals surface area contributed by atoms with Crippen molar-refractivity contribution in [2.75, 3.05) is 50.8 Å². The van der Waals surface area contributed by atoms with Gasteiger partial charge in [0.25, 0.3) is 5.91 Å². The van der Waals surface area contributed by atoms with Crippen molar-refractivity contribution in [2.45, 2.75) is 64.7 Å². The Hall–Kier alpha value is -4.26. The molecule has 2 aliphatic heterocycles. The van der Waals surface area contributed by atoms with Crippen LogP contribution in [0.15, 0.2) is 36.4 Å². The smallest absolute Gasteiger partial charge is 0.409 e. The largest absolute Gasteiger partial charge is 0.460 e. The van der Waals surface area contributed by atoms with E-state index in [1.807, 2.05) is 35.2 Å². The summed E-state index contributed by atoms with van der Waals surface area (Å²) in [7, 11) is 0. The molecule has 13 nitrogen and oxygen atoms in total. The molecule has 1 aromatic carbocycles. The van der Waals surface area contributed by atoms with E-state index in [9.17, 15) is 24.3 Å². The second-order valence-electron chi connectivity index (χ2n) is 11.9. The van der Waals surface area contributed by atoms with E-state index in [4.69, 9.17) is 9.47 Å².